The standard InChI is InChI=1S/C23H22FN5O2.C2HF3O2/c24-18-4-2-1-3-16(18)13-29-22(30)20-21(28(23(29)31)12-15-5-6-15)27-19(26-20)11-14-7-9-17(25)10-8-14;3-2(4,5)1(6)7/h1-4,7-10,15H,5-6,11-13,25H2,(H,26,27);(H,6,7). The molecular formula is C25H23F4N5O4. The topological polar surface area (TPSA) is 136 Å². The Kier molecular flexibility index (Phi) is 7.37. The largest absolute Gasteiger partial charge is 0.490 e. The van der Waals surface area contributed by atoms with Crippen LogP contribution in [-0.4, -0.2) is 36.4 Å². The van der Waals surface area contributed by atoms with Gasteiger partial charge in [0.1, 0.15) is 17.2 Å². The van der Waals surface area contributed by atoms with Crippen molar-refractivity contribution >= 4 is 22.8 Å². The molecule has 1 aliphatic rings. The van der Waals surface area contributed by atoms with Crippen LogP contribution in [0.2, 0.25) is 0 Å². The van der Waals surface area contributed by atoms with Crippen LogP contribution in [0, 0.1) is 11.7 Å². The van der Waals surface area contributed by atoms with Gasteiger partial charge in [0.2, 0.25) is 0 Å². The Labute approximate surface area is 212 Å². The van der Waals surface area contributed by atoms with Crippen LogP contribution in [0.1, 0.15) is 29.8 Å². The van der Waals surface area contributed by atoms with Crippen molar-refractivity contribution in [3.05, 3.63) is 92.1 Å². The molecule has 4 N–H and O–H groups in total. The molecule has 1 saturated carbocycles. The number of aromatic nitrogens is 4. The number of carboxylic acids is 1. The summed E-state index contributed by atoms with van der Waals surface area (Å²) in [7, 11) is 0. The smallest absolute Gasteiger partial charge is 0.475 e. The first kappa shape index (κ1) is 26.6. The summed E-state index contributed by atoms with van der Waals surface area (Å²) >= 11 is 0. The van der Waals surface area contributed by atoms with Crippen LogP contribution in [0.4, 0.5) is 23.2 Å². The van der Waals surface area contributed by atoms with Crippen molar-refractivity contribution in [1.82, 2.24) is 19.1 Å². The third kappa shape index (κ3) is 6.10. The minimum atomic E-state index is -5.08. The summed E-state index contributed by atoms with van der Waals surface area (Å²) in [5.41, 5.74) is 7.36. The summed E-state index contributed by atoms with van der Waals surface area (Å²) in [4.78, 5) is 43.0. The Morgan fingerprint density at radius 1 is 1.08 bits per heavy atom. The maximum absolute atomic E-state index is 14.2. The number of nitrogens with one attached hydrogen (secondary N) is 1. The van der Waals surface area contributed by atoms with E-state index >= 15 is 0 Å². The molecule has 0 bridgehead atoms. The monoisotopic (exact) mass is 533 g/mol. The molecular weight excluding hydrogens is 510 g/mol. The second kappa shape index (κ2) is 10.5. The van der Waals surface area contributed by atoms with Crippen LogP contribution in [-0.2, 0) is 24.3 Å². The van der Waals surface area contributed by atoms with Gasteiger partial charge in [-0.1, -0.05) is 30.3 Å². The van der Waals surface area contributed by atoms with Crippen LogP contribution < -0.4 is 17.0 Å². The third-order valence-corrected chi connectivity index (χ3v) is 5.93. The van der Waals surface area contributed by atoms with E-state index in [2.05, 4.69) is 9.97 Å². The molecule has 0 unspecified atom stereocenters. The quantitative estimate of drug-likeness (QED) is 0.257. The zero-order valence-corrected chi connectivity index (χ0v) is 19.8. The molecule has 13 heteroatoms. The minimum absolute atomic E-state index is 0.128. The number of nitrogens with two attached hydrogens (primary N) is 1. The first-order valence-corrected chi connectivity index (χ1v) is 11.5. The van der Waals surface area contributed by atoms with Crippen molar-refractivity contribution in [1.29, 1.82) is 0 Å². The second-order valence-corrected chi connectivity index (χ2v) is 8.92. The second-order valence-electron chi connectivity index (χ2n) is 8.92. The lowest BCUT2D eigenvalue weighted by Gasteiger charge is -2.11. The molecule has 5 rings (SSSR count). The molecule has 0 aliphatic heterocycles. The van der Waals surface area contributed by atoms with E-state index in [-0.39, 0.29) is 12.1 Å². The molecule has 4 aromatic rings. The average molecular weight is 533 g/mol. The third-order valence-electron chi connectivity index (χ3n) is 5.93. The highest BCUT2D eigenvalue weighted by molar-refractivity contribution is 5.73. The number of aliphatic carboxylic acids is 1. The molecule has 1 fully saturated rings. The van der Waals surface area contributed by atoms with E-state index in [0.717, 1.165) is 23.0 Å². The number of imidazole rings is 1. The molecule has 200 valence electrons. The van der Waals surface area contributed by atoms with Crippen molar-refractivity contribution < 1.29 is 27.5 Å². The predicted molar refractivity (Wildman–Crippen MR) is 130 cm³/mol. The van der Waals surface area contributed by atoms with Gasteiger partial charge in [0.05, 0.1) is 6.54 Å². The van der Waals surface area contributed by atoms with E-state index in [0.29, 0.717) is 41.6 Å². The van der Waals surface area contributed by atoms with Gasteiger partial charge in [0.25, 0.3) is 5.56 Å². The van der Waals surface area contributed by atoms with E-state index in [1.54, 1.807) is 22.8 Å². The Hall–Kier alpha value is -4.42. The van der Waals surface area contributed by atoms with E-state index in [1.165, 1.54) is 6.07 Å². The fraction of sp³-hybridized carbons (Fsp3) is 0.280. The molecule has 9 nitrogen and oxygen atoms in total. The number of carboxylic acid groups (broad SMARTS) is 1. The van der Waals surface area contributed by atoms with Crippen LogP contribution >= 0.6 is 0 Å². The molecule has 0 saturated heterocycles. The summed E-state index contributed by atoms with van der Waals surface area (Å²) in [5, 5.41) is 7.12. The van der Waals surface area contributed by atoms with Gasteiger partial charge in [0, 0.05) is 24.2 Å². The average Bonchev–Trinajstić information content (AvgIpc) is 3.59. The normalized spacial score (nSPS) is 13.3. The zero-order chi connectivity index (χ0) is 27.6. The number of hydrogen-bond acceptors (Lipinski definition) is 5. The maximum Gasteiger partial charge on any atom is 0.490 e. The Morgan fingerprint density at radius 3 is 2.29 bits per heavy atom. The number of rotatable bonds is 6. The number of carbonyl (C=O) groups is 1. The van der Waals surface area contributed by atoms with Gasteiger partial charge < -0.3 is 15.8 Å². The number of fused-ring (bicyclic) bond motifs is 1. The summed E-state index contributed by atoms with van der Waals surface area (Å²) in [6.45, 7) is 0.371. The molecule has 38 heavy (non-hydrogen) atoms. The molecule has 0 spiro atoms. The number of nitrogens with zero attached hydrogens (tertiary/aromatic N) is 3. The van der Waals surface area contributed by atoms with E-state index in [1.807, 2.05) is 24.3 Å². The van der Waals surface area contributed by atoms with Gasteiger partial charge in [-0.2, -0.15) is 13.2 Å². The summed E-state index contributed by atoms with van der Waals surface area (Å²) in [6, 6.07) is 13.6. The first-order chi connectivity index (χ1) is 17.9. The number of hydrogen-bond donors (Lipinski definition) is 3. The highest BCUT2D eigenvalue weighted by Gasteiger charge is 2.38. The summed E-state index contributed by atoms with van der Waals surface area (Å²) in [6.07, 6.45) is -2.52. The molecule has 0 amide bonds. The summed E-state index contributed by atoms with van der Waals surface area (Å²) < 4.78 is 48.6. The highest BCUT2D eigenvalue weighted by atomic mass is 19.4. The fourth-order valence-corrected chi connectivity index (χ4v) is 3.79. The van der Waals surface area contributed by atoms with Gasteiger partial charge >= 0.3 is 17.8 Å². The van der Waals surface area contributed by atoms with E-state index in [4.69, 9.17) is 15.6 Å². The number of benzene rings is 2. The maximum atomic E-state index is 14.2. The number of nitrogen functional groups attached to an aromatic ring is 1. The lowest BCUT2D eigenvalue weighted by atomic mass is 10.1. The zero-order valence-electron chi connectivity index (χ0n) is 19.8. The minimum Gasteiger partial charge on any atom is -0.475 e. The fourth-order valence-electron chi connectivity index (χ4n) is 3.79. The molecule has 1 aliphatic carbocycles. The highest BCUT2D eigenvalue weighted by Crippen LogP contribution is 2.30. The number of alkyl halides is 3. The Morgan fingerprint density at radius 2 is 1.71 bits per heavy atom. The van der Waals surface area contributed by atoms with Crippen molar-refractivity contribution in [2.45, 2.75) is 38.5 Å². The SMILES string of the molecule is Nc1ccc(Cc2nc3c([nH]2)c(=O)n(Cc2ccccc2F)c(=O)n3CC2CC2)cc1.O=C(O)C(F)(F)F. The van der Waals surface area contributed by atoms with Crippen LogP contribution in [0.3, 0.4) is 0 Å². The van der Waals surface area contributed by atoms with E-state index in [9.17, 15) is 27.2 Å². The first-order valence-electron chi connectivity index (χ1n) is 11.5. The lowest BCUT2D eigenvalue weighted by molar-refractivity contribution is -0.192. The predicted octanol–water partition coefficient (Wildman–Crippen LogP) is 3.29. The van der Waals surface area contributed by atoms with Crippen LogP contribution in [0.5, 0.6) is 0 Å². The molecule has 2 aromatic heterocycles. The van der Waals surface area contributed by atoms with Gasteiger partial charge in [-0.25, -0.2) is 19.0 Å². The molecule has 2 aromatic carbocycles. The van der Waals surface area contributed by atoms with Gasteiger partial charge in [-0.05, 0) is 42.5 Å². The van der Waals surface area contributed by atoms with Crippen molar-refractivity contribution in [2.75, 3.05) is 5.73 Å². The Balaban J connectivity index is 0.000000426. The molecule has 0 atom stereocenters. The van der Waals surface area contributed by atoms with E-state index < -0.39 is 29.2 Å². The van der Waals surface area contributed by atoms with Crippen LogP contribution in [0.25, 0.3) is 11.2 Å². The number of anilines is 1. The van der Waals surface area contributed by atoms with Gasteiger partial charge in [-0.3, -0.25) is 13.9 Å². The van der Waals surface area contributed by atoms with Crippen molar-refractivity contribution in [3.8, 4) is 0 Å². The van der Waals surface area contributed by atoms with Crippen LogP contribution in [0.15, 0.2) is 58.1 Å². The summed E-state index contributed by atoms with van der Waals surface area (Å²) in [5.74, 6) is -2.22. The van der Waals surface area contributed by atoms with Crippen molar-refractivity contribution in [3.63, 3.8) is 0 Å². The number of halogens is 4. The number of aromatic amines is 1. The lowest BCUT2D eigenvalue weighted by Crippen LogP contribution is -2.40. The number of H-pyrrole nitrogens is 1. The van der Waals surface area contributed by atoms with Gasteiger partial charge in [0.15, 0.2) is 5.65 Å². The molecule has 0 radical (unpaired) electrons. The van der Waals surface area contributed by atoms with Crippen molar-refractivity contribution in [2.24, 2.45) is 5.92 Å². The molecule has 2 heterocycles. The van der Waals surface area contributed by atoms with Gasteiger partial charge in [-0.15, -0.1) is 0 Å². The Bertz CT molecular complexity index is 1580.